The van der Waals surface area contributed by atoms with Crippen molar-refractivity contribution >= 4 is 0 Å². The van der Waals surface area contributed by atoms with Crippen LogP contribution in [0.15, 0.2) is 0 Å². The smallest absolute Gasteiger partial charge is 0.0533 e. The maximum Gasteiger partial charge on any atom is -0.0533 e. The van der Waals surface area contributed by atoms with Gasteiger partial charge in [-0.15, -0.1) is 0 Å². The molecule has 0 aromatic carbocycles. The highest BCUT2D eigenvalue weighted by atomic mass is 14.1. The third kappa shape index (κ3) is 80.5. The average molecular weight is 1070 g/mol. The Bertz CT molecular complexity index is 816. The Morgan fingerprint density at radius 1 is 0.0658 bits per heavy atom. The van der Waals surface area contributed by atoms with Gasteiger partial charge >= 0.3 is 0 Å². The van der Waals surface area contributed by atoms with Crippen LogP contribution in [0.4, 0.5) is 0 Å². The molecule has 0 amide bonds. The van der Waals surface area contributed by atoms with E-state index >= 15 is 0 Å². The van der Waals surface area contributed by atoms with Crippen LogP contribution < -0.4 is 0 Å². The van der Waals surface area contributed by atoms with Crippen LogP contribution in [0.3, 0.4) is 0 Å². The molecule has 0 rings (SSSR count). The summed E-state index contributed by atoms with van der Waals surface area (Å²) in [6.07, 6.45) is 107. The van der Waals surface area contributed by atoms with Gasteiger partial charge in [0.05, 0.1) is 0 Å². The van der Waals surface area contributed by atoms with Gasteiger partial charge in [0, 0.05) is 0 Å². The predicted molar refractivity (Wildman–Crippen MR) is 355 cm³/mol. The molecule has 0 aliphatic carbocycles. The van der Waals surface area contributed by atoms with Gasteiger partial charge < -0.3 is 0 Å². The van der Waals surface area contributed by atoms with Crippen molar-refractivity contribution in [1.82, 2.24) is 0 Å². The molecule has 460 valence electrons. The summed E-state index contributed by atoms with van der Waals surface area (Å²) in [6.45, 7) is 9.24. The second-order valence-corrected chi connectivity index (χ2v) is 26.0. The van der Waals surface area contributed by atoms with Crippen LogP contribution in [0.2, 0.25) is 0 Å². The molecule has 76 heavy (non-hydrogen) atoms. The van der Waals surface area contributed by atoms with Crippen LogP contribution >= 0.6 is 0 Å². The van der Waals surface area contributed by atoms with Crippen LogP contribution in [0.1, 0.15) is 490 Å². The van der Waals surface area contributed by atoms with E-state index in [1.54, 1.807) is 0 Å². The van der Waals surface area contributed by atoms with E-state index in [0.717, 1.165) is 0 Å². The van der Waals surface area contributed by atoms with Gasteiger partial charge in [0.25, 0.3) is 0 Å². The standard InChI is InChI=1S/C40H82.C36H74/c1-3-5-7-9-11-13-15-17-19-21-23-25-27-29-31-33-35-37-39-40-38-36-34-32-30-28-26-24-22-20-18-16-14-12-10-8-6-4-2;1-3-5-7-9-11-13-15-17-19-21-23-25-27-29-31-33-35-36-34-32-30-28-26-24-22-20-18-16-14-12-10-8-6-4-2/h3-40H2,1-2H3;3-36H2,1-2H3. The van der Waals surface area contributed by atoms with Crippen LogP contribution in [-0.2, 0) is 0 Å². The van der Waals surface area contributed by atoms with Crippen LogP contribution in [-0.4, -0.2) is 0 Å². The zero-order chi connectivity index (χ0) is 54.9. The quantitative estimate of drug-likeness (QED) is 0.0533. The Kier molecular flexibility index (Phi) is 81.4. The van der Waals surface area contributed by atoms with E-state index in [4.69, 9.17) is 0 Å². The Balaban J connectivity index is 0. The number of unbranched alkanes of at least 4 members (excludes halogenated alkanes) is 70. The molecule has 0 saturated carbocycles. The molecule has 0 fully saturated rings. The SMILES string of the molecule is CCCCCCCCCCCCCCCCCCCCCCCCCCCCCCCCCCCC.CCCCCCCCCCCCCCCCCCCCCCCCCCCCCCCCCCCCCCCC. The summed E-state index contributed by atoms with van der Waals surface area (Å²) in [5.41, 5.74) is 0. The lowest BCUT2D eigenvalue weighted by Crippen LogP contribution is -1.85. The highest BCUT2D eigenvalue weighted by Crippen LogP contribution is 2.20. The fraction of sp³-hybridized carbons (Fsp3) is 1.00. The zero-order valence-corrected chi connectivity index (χ0v) is 54.9. The highest BCUT2D eigenvalue weighted by Gasteiger charge is 2.01. The third-order valence-corrected chi connectivity index (χ3v) is 17.9. The maximum absolute atomic E-state index is 2.31. The van der Waals surface area contributed by atoms with E-state index in [9.17, 15) is 0 Å². The van der Waals surface area contributed by atoms with Gasteiger partial charge in [0.15, 0.2) is 0 Å². The molecule has 0 saturated heterocycles. The number of hydrogen-bond donors (Lipinski definition) is 0. The minimum atomic E-state index is 1.37. The third-order valence-electron chi connectivity index (χ3n) is 17.9. The van der Waals surface area contributed by atoms with Crippen molar-refractivity contribution in [2.75, 3.05) is 0 Å². The molecule has 0 aromatic rings. The van der Waals surface area contributed by atoms with Gasteiger partial charge in [0.2, 0.25) is 0 Å². The van der Waals surface area contributed by atoms with Crippen LogP contribution in [0.5, 0.6) is 0 Å². The van der Waals surface area contributed by atoms with Crippen molar-refractivity contribution in [3.05, 3.63) is 0 Å². The lowest BCUT2D eigenvalue weighted by atomic mass is 10.0. The summed E-state index contributed by atoms with van der Waals surface area (Å²) in [5.74, 6) is 0. The van der Waals surface area contributed by atoms with Gasteiger partial charge in [-0.1, -0.05) is 490 Å². The molecule has 0 aromatic heterocycles. The first-order valence-electron chi connectivity index (χ1n) is 37.8. The van der Waals surface area contributed by atoms with Gasteiger partial charge in [0.1, 0.15) is 0 Å². The molecule has 0 aliphatic heterocycles. The van der Waals surface area contributed by atoms with Crippen LogP contribution in [0, 0.1) is 0 Å². The fourth-order valence-electron chi connectivity index (χ4n) is 12.3. The van der Waals surface area contributed by atoms with E-state index < -0.39 is 0 Å². The molecule has 0 unspecified atom stereocenters. The van der Waals surface area contributed by atoms with E-state index in [1.807, 2.05) is 0 Å². The van der Waals surface area contributed by atoms with E-state index in [2.05, 4.69) is 27.7 Å². The predicted octanol–water partition coefficient (Wildman–Crippen LogP) is 30.1. The van der Waals surface area contributed by atoms with Crippen molar-refractivity contribution in [1.29, 1.82) is 0 Å². The lowest BCUT2D eigenvalue weighted by molar-refractivity contribution is 0.510. The van der Waals surface area contributed by atoms with E-state index in [0.29, 0.717) is 0 Å². The zero-order valence-electron chi connectivity index (χ0n) is 54.9. The largest absolute Gasteiger partial charge is 0.0654 e. The van der Waals surface area contributed by atoms with Crippen molar-refractivity contribution in [3.63, 3.8) is 0 Å². The van der Waals surface area contributed by atoms with Crippen molar-refractivity contribution < 1.29 is 0 Å². The summed E-state index contributed by atoms with van der Waals surface area (Å²) >= 11 is 0. The summed E-state index contributed by atoms with van der Waals surface area (Å²) in [7, 11) is 0. The molecular formula is C76H156. The molecule has 0 heteroatoms. The minimum absolute atomic E-state index is 1.37. The lowest BCUT2D eigenvalue weighted by Gasteiger charge is -2.05. The molecule has 0 spiro atoms. The Morgan fingerprint density at radius 2 is 0.105 bits per heavy atom. The number of hydrogen-bond acceptors (Lipinski definition) is 0. The molecule has 0 radical (unpaired) electrons. The second-order valence-electron chi connectivity index (χ2n) is 26.0. The highest BCUT2D eigenvalue weighted by molar-refractivity contribution is 4.56. The summed E-state index contributed by atoms with van der Waals surface area (Å²) < 4.78 is 0. The van der Waals surface area contributed by atoms with Crippen molar-refractivity contribution in [2.24, 2.45) is 0 Å². The van der Waals surface area contributed by atoms with Crippen LogP contribution in [0.25, 0.3) is 0 Å². The first-order valence-corrected chi connectivity index (χ1v) is 37.8. The Hall–Kier alpha value is 0. The fourth-order valence-corrected chi connectivity index (χ4v) is 12.3. The molecular weight excluding hydrogens is 913 g/mol. The van der Waals surface area contributed by atoms with Crippen molar-refractivity contribution in [2.45, 2.75) is 490 Å². The van der Waals surface area contributed by atoms with E-state index in [1.165, 1.54) is 462 Å². The monoisotopic (exact) mass is 1070 g/mol. The molecule has 0 heterocycles. The van der Waals surface area contributed by atoms with Gasteiger partial charge in [-0.25, -0.2) is 0 Å². The average Bonchev–Trinajstić information content (AvgIpc) is 3.43. The van der Waals surface area contributed by atoms with Gasteiger partial charge in [-0.05, 0) is 0 Å². The summed E-state index contributed by atoms with van der Waals surface area (Å²) in [4.78, 5) is 0. The summed E-state index contributed by atoms with van der Waals surface area (Å²) in [5, 5.41) is 0. The first kappa shape index (κ1) is 78.1. The topological polar surface area (TPSA) is 0 Å². The second kappa shape index (κ2) is 79.2. The molecule has 0 aliphatic rings. The normalized spacial score (nSPS) is 11.5. The summed E-state index contributed by atoms with van der Waals surface area (Å²) in [6, 6.07) is 0. The maximum atomic E-state index is 2.31. The Morgan fingerprint density at radius 3 is 0.145 bits per heavy atom. The van der Waals surface area contributed by atoms with Gasteiger partial charge in [-0.3, -0.25) is 0 Å². The minimum Gasteiger partial charge on any atom is -0.0654 e. The molecule has 0 atom stereocenters. The number of rotatable bonds is 70. The van der Waals surface area contributed by atoms with E-state index in [-0.39, 0.29) is 0 Å². The molecule has 0 N–H and O–H groups in total. The molecule has 0 bridgehead atoms. The first-order chi connectivity index (χ1) is 37.8. The Labute approximate surface area is 487 Å². The molecule has 0 nitrogen and oxygen atoms in total. The van der Waals surface area contributed by atoms with Crippen molar-refractivity contribution in [3.8, 4) is 0 Å². The van der Waals surface area contributed by atoms with Gasteiger partial charge in [-0.2, -0.15) is 0 Å².